The molecule has 28 heavy (non-hydrogen) atoms. The van der Waals surface area contributed by atoms with Gasteiger partial charge in [-0.1, -0.05) is 24.3 Å². The zero-order chi connectivity index (χ0) is 19.3. The van der Waals surface area contributed by atoms with E-state index in [9.17, 15) is 4.79 Å². The quantitative estimate of drug-likeness (QED) is 0.568. The van der Waals surface area contributed by atoms with Crippen LogP contribution in [0, 0.1) is 3.57 Å². The van der Waals surface area contributed by atoms with Crippen LogP contribution in [0.15, 0.2) is 60.7 Å². The summed E-state index contributed by atoms with van der Waals surface area (Å²) in [6.07, 6.45) is 0. The van der Waals surface area contributed by atoms with Gasteiger partial charge in [-0.05, 0) is 59.0 Å². The van der Waals surface area contributed by atoms with Gasteiger partial charge in [-0.2, -0.15) is 0 Å². The van der Waals surface area contributed by atoms with Gasteiger partial charge >= 0.3 is 0 Å². The number of amides is 1. The molecule has 0 saturated carbocycles. The Kier molecular flexibility index (Phi) is 5.82. The molecule has 7 heteroatoms. The van der Waals surface area contributed by atoms with E-state index in [0.29, 0.717) is 5.56 Å². The lowest BCUT2D eigenvalue weighted by atomic mass is 10.1. The van der Waals surface area contributed by atoms with Gasteiger partial charge in [-0.25, -0.2) is 0 Å². The number of carbonyl (C=O) groups is 1. The van der Waals surface area contributed by atoms with Gasteiger partial charge in [-0.3, -0.25) is 4.79 Å². The van der Waals surface area contributed by atoms with Crippen LogP contribution < -0.4 is 10.2 Å². The minimum absolute atomic E-state index is 0.118. The molecule has 0 aliphatic carbocycles. The summed E-state index contributed by atoms with van der Waals surface area (Å²) in [5, 5.41) is 11.6. The molecule has 2 heterocycles. The van der Waals surface area contributed by atoms with E-state index in [-0.39, 0.29) is 5.91 Å². The molecule has 1 aliphatic rings. The molecular weight excluding hydrogens is 467 g/mol. The summed E-state index contributed by atoms with van der Waals surface area (Å²) in [5.74, 6) is 0.751. The van der Waals surface area contributed by atoms with Crippen LogP contribution in [0.1, 0.15) is 10.4 Å². The van der Waals surface area contributed by atoms with Gasteiger partial charge in [0.15, 0.2) is 5.82 Å². The number of aromatic nitrogens is 2. The molecule has 0 bridgehead atoms. The van der Waals surface area contributed by atoms with Gasteiger partial charge in [-0.15, -0.1) is 10.2 Å². The molecule has 1 N–H and O–H groups in total. The summed E-state index contributed by atoms with van der Waals surface area (Å²) in [5.41, 5.74) is 3.16. The summed E-state index contributed by atoms with van der Waals surface area (Å²) < 4.78 is 6.29. The number of morpholine rings is 1. The molecule has 3 aromatic rings. The lowest BCUT2D eigenvalue weighted by Crippen LogP contribution is -2.36. The van der Waals surface area contributed by atoms with Crippen molar-refractivity contribution < 1.29 is 9.53 Å². The van der Waals surface area contributed by atoms with Crippen LogP contribution in [-0.2, 0) is 4.74 Å². The number of ether oxygens (including phenoxy) is 1. The number of nitrogens with zero attached hydrogens (tertiary/aromatic N) is 3. The van der Waals surface area contributed by atoms with Gasteiger partial charge in [0.2, 0.25) is 0 Å². The van der Waals surface area contributed by atoms with Gasteiger partial charge in [0.05, 0.1) is 24.5 Å². The first-order valence-corrected chi connectivity index (χ1v) is 10.1. The van der Waals surface area contributed by atoms with Crippen LogP contribution in [-0.4, -0.2) is 42.4 Å². The molecule has 2 aromatic carbocycles. The number of hydrogen-bond acceptors (Lipinski definition) is 5. The molecular formula is C21H19IN4O2. The molecule has 6 nitrogen and oxygen atoms in total. The Morgan fingerprint density at radius 1 is 0.964 bits per heavy atom. The first-order valence-electron chi connectivity index (χ1n) is 9.03. The fourth-order valence-electron chi connectivity index (χ4n) is 3.01. The van der Waals surface area contributed by atoms with Crippen molar-refractivity contribution in [3.05, 3.63) is 69.8 Å². The van der Waals surface area contributed by atoms with Crippen molar-refractivity contribution in [1.82, 2.24) is 10.2 Å². The van der Waals surface area contributed by atoms with E-state index in [1.807, 2.05) is 60.7 Å². The standard InChI is InChI=1S/C21H19IN4O2/c22-18-4-2-1-3-17(18)21(27)23-16-7-5-15(6-8-16)19-9-10-20(25-24-19)26-11-13-28-14-12-26/h1-10H,11-14H2,(H,23,27). The van der Waals surface area contributed by atoms with E-state index in [2.05, 4.69) is 43.0 Å². The van der Waals surface area contributed by atoms with Crippen molar-refractivity contribution in [3.63, 3.8) is 0 Å². The predicted molar refractivity (Wildman–Crippen MR) is 118 cm³/mol. The maximum atomic E-state index is 12.4. The van der Waals surface area contributed by atoms with E-state index in [4.69, 9.17) is 4.74 Å². The van der Waals surface area contributed by atoms with Crippen molar-refractivity contribution in [2.75, 3.05) is 36.5 Å². The number of halogens is 1. The lowest BCUT2D eigenvalue weighted by molar-refractivity contribution is 0.102. The number of benzene rings is 2. The van der Waals surface area contributed by atoms with Crippen molar-refractivity contribution in [2.24, 2.45) is 0 Å². The summed E-state index contributed by atoms with van der Waals surface area (Å²) >= 11 is 2.16. The second-order valence-electron chi connectivity index (χ2n) is 6.39. The van der Waals surface area contributed by atoms with E-state index in [0.717, 1.165) is 52.6 Å². The molecule has 0 radical (unpaired) electrons. The molecule has 1 saturated heterocycles. The molecule has 1 fully saturated rings. The summed E-state index contributed by atoms with van der Waals surface area (Å²) in [7, 11) is 0. The first kappa shape index (κ1) is 18.8. The van der Waals surface area contributed by atoms with Crippen LogP contribution in [0.2, 0.25) is 0 Å². The normalized spacial score (nSPS) is 14.0. The largest absolute Gasteiger partial charge is 0.378 e. The Morgan fingerprint density at radius 3 is 2.39 bits per heavy atom. The minimum atomic E-state index is -0.118. The molecule has 1 aromatic heterocycles. The Balaban J connectivity index is 1.44. The lowest BCUT2D eigenvalue weighted by Gasteiger charge is -2.27. The third kappa shape index (κ3) is 4.31. The van der Waals surface area contributed by atoms with E-state index in [1.165, 1.54) is 0 Å². The van der Waals surface area contributed by atoms with Gasteiger partial charge in [0.25, 0.3) is 5.91 Å². The van der Waals surface area contributed by atoms with Crippen LogP contribution in [0.3, 0.4) is 0 Å². The fraction of sp³-hybridized carbons (Fsp3) is 0.190. The second kappa shape index (κ2) is 8.66. The number of anilines is 2. The smallest absolute Gasteiger partial charge is 0.256 e. The highest BCUT2D eigenvalue weighted by Crippen LogP contribution is 2.22. The highest BCUT2D eigenvalue weighted by molar-refractivity contribution is 14.1. The maximum Gasteiger partial charge on any atom is 0.256 e. The minimum Gasteiger partial charge on any atom is -0.378 e. The molecule has 4 rings (SSSR count). The van der Waals surface area contributed by atoms with Gasteiger partial charge in [0, 0.05) is 27.9 Å². The second-order valence-corrected chi connectivity index (χ2v) is 7.55. The topological polar surface area (TPSA) is 67.4 Å². The number of carbonyl (C=O) groups excluding carboxylic acids is 1. The van der Waals surface area contributed by atoms with E-state index < -0.39 is 0 Å². The zero-order valence-electron chi connectivity index (χ0n) is 15.1. The number of hydrogen-bond donors (Lipinski definition) is 1. The maximum absolute atomic E-state index is 12.4. The molecule has 0 atom stereocenters. The molecule has 1 aliphatic heterocycles. The van der Waals surface area contributed by atoms with Crippen LogP contribution >= 0.6 is 22.6 Å². The summed E-state index contributed by atoms with van der Waals surface area (Å²) in [6.45, 7) is 3.11. The molecule has 142 valence electrons. The van der Waals surface area contributed by atoms with E-state index >= 15 is 0 Å². The zero-order valence-corrected chi connectivity index (χ0v) is 17.3. The monoisotopic (exact) mass is 486 g/mol. The third-order valence-corrected chi connectivity index (χ3v) is 5.48. The van der Waals surface area contributed by atoms with Crippen molar-refractivity contribution in [3.8, 4) is 11.3 Å². The predicted octanol–water partition coefficient (Wildman–Crippen LogP) is 3.84. The number of rotatable bonds is 4. The van der Waals surface area contributed by atoms with Crippen LogP contribution in [0.5, 0.6) is 0 Å². The molecule has 1 amide bonds. The highest BCUT2D eigenvalue weighted by Gasteiger charge is 2.13. The third-order valence-electron chi connectivity index (χ3n) is 4.54. The van der Waals surface area contributed by atoms with Crippen molar-refractivity contribution in [1.29, 1.82) is 0 Å². The Labute approximate surface area is 177 Å². The van der Waals surface area contributed by atoms with E-state index in [1.54, 1.807) is 0 Å². The fourth-order valence-corrected chi connectivity index (χ4v) is 3.64. The number of nitrogens with one attached hydrogen (secondary N) is 1. The Hall–Kier alpha value is -2.52. The van der Waals surface area contributed by atoms with Gasteiger partial charge < -0.3 is 15.0 Å². The Bertz CT molecular complexity index is 955. The molecule has 0 unspecified atom stereocenters. The SMILES string of the molecule is O=C(Nc1ccc(-c2ccc(N3CCOCC3)nn2)cc1)c1ccccc1I. The Morgan fingerprint density at radius 2 is 1.71 bits per heavy atom. The summed E-state index contributed by atoms with van der Waals surface area (Å²) in [4.78, 5) is 14.6. The van der Waals surface area contributed by atoms with Crippen LogP contribution in [0.25, 0.3) is 11.3 Å². The average Bonchev–Trinajstić information content (AvgIpc) is 2.75. The van der Waals surface area contributed by atoms with Crippen molar-refractivity contribution in [2.45, 2.75) is 0 Å². The first-order chi connectivity index (χ1) is 13.7. The molecule has 0 spiro atoms. The van der Waals surface area contributed by atoms with Gasteiger partial charge in [0.1, 0.15) is 0 Å². The average molecular weight is 486 g/mol. The highest BCUT2D eigenvalue weighted by atomic mass is 127. The van der Waals surface area contributed by atoms with Crippen molar-refractivity contribution >= 4 is 40.0 Å². The van der Waals surface area contributed by atoms with Crippen LogP contribution in [0.4, 0.5) is 11.5 Å². The summed E-state index contributed by atoms with van der Waals surface area (Å²) in [6, 6.07) is 19.1.